The van der Waals surface area contributed by atoms with E-state index in [0.717, 1.165) is 4.34 Å². The molecule has 15 heavy (non-hydrogen) atoms. The van der Waals surface area contributed by atoms with E-state index in [1.807, 2.05) is 6.26 Å². The molecule has 1 atom stereocenters. The number of hydrogen-bond acceptors (Lipinski definition) is 6. The molecule has 0 aromatic carbocycles. The van der Waals surface area contributed by atoms with Gasteiger partial charge in [-0.25, -0.2) is 4.98 Å². The van der Waals surface area contributed by atoms with Crippen molar-refractivity contribution in [2.45, 2.75) is 17.3 Å². The summed E-state index contributed by atoms with van der Waals surface area (Å²) >= 11 is 2.73. The van der Waals surface area contributed by atoms with E-state index < -0.39 is 0 Å². The maximum atomic E-state index is 11.6. The molecule has 84 valence electrons. The summed E-state index contributed by atoms with van der Waals surface area (Å²) in [5.41, 5.74) is 5.89. The summed E-state index contributed by atoms with van der Waals surface area (Å²) in [7, 11) is 0. The fourth-order valence-electron chi connectivity index (χ4n) is 0.899. The monoisotopic (exact) mass is 247 g/mol. The summed E-state index contributed by atoms with van der Waals surface area (Å²) in [4.78, 5) is 15.7. The van der Waals surface area contributed by atoms with Crippen molar-refractivity contribution in [3.8, 4) is 0 Å². The van der Waals surface area contributed by atoms with Crippen molar-refractivity contribution >= 4 is 34.0 Å². The molecule has 1 heterocycles. The van der Waals surface area contributed by atoms with Gasteiger partial charge >= 0.3 is 0 Å². The van der Waals surface area contributed by atoms with Crippen molar-refractivity contribution in [3.05, 3.63) is 5.69 Å². The second-order valence-electron chi connectivity index (χ2n) is 2.95. The summed E-state index contributed by atoms with van der Waals surface area (Å²) in [6.07, 6.45) is 1.87. The van der Waals surface area contributed by atoms with Gasteiger partial charge in [0.25, 0.3) is 5.91 Å². The van der Waals surface area contributed by atoms with E-state index in [1.54, 1.807) is 6.92 Å². The van der Waals surface area contributed by atoms with E-state index in [4.69, 9.17) is 10.8 Å². The number of nitrogens with zero attached hydrogens (tertiary/aromatic N) is 1. The first-order valence-electron chi connectivity index (χ1n) is 4.30. The van der Waals surface area contributed by atoms with Gasteiger partial charge in [0.2, 0.25) is 0 Å². The van der Waals surface area contributed by atoms with Crippen LogP contribution in [0.4, 0.5) is 5.00 Å². The maximum absolute atomic E-state index is 11.6. The van der Waals surface area contributed by atoms with E-state index in [1.165, 1.54) is 23.1 Å². The standard InChI is InChI=1S/C8H13N3O2S2/c1-4(3-12)10-7(13)5-6(9)15-8(11-5)14-2/h4,12H,3,9H2,1-2H3,(H,10,13)/t4-/m1/s1. The number of nitrogens with two attached hydrogens (primary N) is 1. The smallest absolute Gasteiger partial charge is 0.273 e. The van der Waals surface area contributed by atoms with Gasteiger partial charge in [0.15, 0.2) is 10.0 Å². The first-order chi connectivity index (χ1) is 7.08. The first kappa shape index (κ1) is 12.3. The Hall–Kier alpha value is -0.790. The van der Waals surface area contributed by atoms with Crippen LogP contribution in [0.5, 0.6) is 0 Å². The van der Waals surface area contributed by atoms with Crippen LogP contribution in [0.2, 0.25) is 0 Å². The van der Waals surface area contributed by atoms with Crippen molar-refractivity contribution in [1.82, 2.24) is 10.3 Å². The molecule has 0 bridgehead atoms. The minimum absolute atomic E-state index is 0.106. The first-order valence-corrected chi connectivity index (χ1v) is 6.34. The molecule has 0 aliphatic rings. The number of aliphatic hydroxyl groups excluding tert-OH is 1. The van der Waals surface area contributed by atoms with Crippen LogP contribution in [0.25, 0.3) is 0 Å². The van der Waals surface area contributed by atoms with Crippen LogP contribution in [0.15, 0.2) is 4.34 Å². The molecule has 5 nitrogen and oxygen atoms in total. The number of carbonyl (C=O) groups is 1. The number of aromatic nitrogens is 1. The molecular weight excluding hydrogens is 234 g/mol. The predicted molar refractivity (Wildman–Crippen MR) is 62.3 cm³/mol. The summed E-state index contributed by atoms with van der Waals surface area (Å²) in [6.45, 7) is 1.60. The van der Waals surface area contributed by atoms with E-state index in [-0.39, 0.29) is 24.2 Å². The number of thioether (sulfide) groups is 1. The summed E-state index contributed by atoms with van der Waals surface area (Å²) in [6, 6.07) is -0.295. The zero-order chi connectivity index (χ0) is 11.4. The quantitative estimate of drug-likeness (QED) is 0.677. The minimum Gasteiger partial charge on any atom is -0.394 e. The SMILES string of the molecule is CSc1nc(C(=O)N[C@H](C)CO)c(N)s1. The number of carbonyl (C=O) groups excluding carboxylic acids is 1. The fraction of sp³-hybridized carbons (Fsp3) is 0.500. The Labute approximate surface area is 96.1 Å². The van der Waals surface area contributed by atoms with Gasteiger partial charge in [-0.3, -0.25) is 4.79 Å². The molecule has 1 aromatic heterocycles. The van der Waals surface area contributed by atoms with Crippen molar-refractivity contribution < 1.29 is 9.90 Å². The molecule has 4 N–H and O–H groups in total. The van der Waals surface area contributed by atoms with Crippen LogP contribution in [0, 0.1) is 0 Å². The van der Waals surface area contributed by atoms with Gasteiger partial charge in [-0.15, -0.1) is 0 Å². The van der Waals surface area contributed by atoms with Crippen LogP contribution in [0.3, 0.4) is 0 Å². The number of anilines is 1. The van der Waals surface area contributed by atoms with Gasteiger partial charge in [-0.2, -0.15) is 0 Å². The lowest BCUT2D eigenvalue weighted by Gasteiger charge is -2.09. The van der Waals surface area contributed by atoms with Crippen molar-refractivity contribution in [2.75, 3.05) is 18.6 Å². The zero-order valence-electron chi connectivity index (χ0n) is 8.48. The highest BCUT2D eigenvalue weighted by molar-refractivity contribution is 8.00. The summed E-state index contributed by atoms with van der Waals surface area (Å²) in [5.74, 6) is -0.342. The zero-order valence-corrected chi connectivity index (χ0v) is 10.1. The second-order valence-corrected chi connectivity index (χ2v) is 5.04. The molecule has 7 heteroatoms. The van der Waals surface area contributed by atoms with Crippen molar-refractivity contribution in [2.24, 2.45) is 0 Å². The lowest BCUT2D eigenvalue weighted by atomic mass is 10.3. The van der Waals surface area contributed by atoms with Gasteiger partial charge in [-0.1, -0.05) is 23.1 Å². The van der Waals surface area contributed by atoms with Gasteiger partial charge in [0.1, 0.15) is 5.00 Å². The van der Waals surface area contributed by atoms with Crippen LogP contribution in [0.1, 0.15) is 17.4 Å². The van der Waals surface area contributed by atoms with E-state index in [9.17, 15) is 4.79 Å². The highest BCUT2D eigenvalue weighted by atomic mass is 32.2. The molecule has 1 aromatic rings. The number of nitrogen functional groups attached to an aromatic ring is 1. The number of thiazole rings is 1. The van der Waals surface area contributed by atoms with Gasteiger partial charge in [0.05, 0.1) is 6.61 Å². The van der Waals surface area contributed by atoms with Crippen LogP contribution < -0.4 is 11.1 Å². The Morgan fingerprint density at radius 2 is 2.47 bits per heavy atom. The second kappa shape index (κ2) is 5.34. The molecular formula is C8H13N3O2S2. The summed E-state index contributed by atoms with van der Waals surface area (Å²) in [5, 5.41) is 11.8. The lowest BCUT2D eigenvalue weighted by molar-refractivity contribution is 0.0918. The normalized spacial score (nSPS) is 12.5. The largest absolute Gasteiger partial charge is 0.394 e. The van der Waals surface area contributed by atoms with E-state index in [2.05, 4.69) is 10.3 Å². The molecule has 0 aliphatic carbocycles. The van der Waals surface area contributed by atoms with Crippen LogP contribution in [-0.2, 0) is 0 Å². The fourth-order valence-corrected chi connectivity index (χ4v) is 2.24. The molecule has 0 saturated heterocycles. The summed E-state index contributed by atoms with van der Waals surface area (Å²) < 4.78 is 0.759. The molecule has 0 fully saturated rings. The average Bonchev–Trinajstić information content (AvgIpc) is 2.59. The number of aliphatic hydroxyl groups is 1. The molecule has 0 spiro atoms. The Morgan fingerprint density at radius 3 is 2.93 bits per heavy atom. The third-order valence-electron chi connectivity index (χ3n) is 1.67. The number of amides is 1. The van der Waals surface area contributed by atoms with Gasteiger partial charge in [0, 0.05) is 6.04 Å². The molecule has 0 unspecified atom stereocenters. The topological polar surface area (TPSA) is 88.2 Å². The molecule has 0 aliphatic heterocycles. The minimum atomic E-state index is -0.342. The third kappa shape index (κ3) is 3.08. The Kier molecular flexibility index (Phi) is 4.37. The molecule has 1 rings (SSSR count). The van der Waals surface area contributed by atoms with E-state index in [0.29, 0.717) is 5.00 Å². The number of hydrogen-bond donors (Lipinski definition) is 3. The van der Waals surface area contributed by atoms with Crippen molar-refractivity contribution in [1.29, 1.82) is 0 Å². The highest BCUT2D eigenvalue weighted by Crippen LogP contribution is 2.27. The third-order valence-corrected chi connectivity index (χ3v) is 3.54. The van der Waals surface area contributed by atoms with Gasteiger partial charge < -0.3 is 16.2 Å². The Balaban J connectivity index is 2.77. The highest BCUT2D eigenvalue weighted by Gasteiger charge is 2.17. The molecule has 0 saturated carbocycles. The Bertz CT molecular complexity index is 354. The molecule has 1 amide bonds. The average molecular weight is 247 g/mol. The lowest BCUT2D eigenvalue weighted by Crippen LogP contribution is -2.35. The number of rotatable bonds is 4. The van der Waals surface area contributed by atoms with Crippen LogP contribution in [-0.4, -0.2) is 34.9 Å². The van der Waals surface area contributed by atoms with E-state index >= 15 is 0 Å². The maximum Gasteiger partial charge on any atom is 0.273 e. The Morgan fingerprint density at radius 1 is 1.80 bits per heavy atom. The van der Waals surface area contributed by atoms with Crippen LogP contribution >= 0.6 is 23.1 Å². The van der Waals surface area contributed by atoms with Gasteiger partial charge in [-0.05, 0) is 13.2 Å². The predicted octanol–water partition coefficient (Wildman–Crippen LogP) is 0.558. The molecule has 0 radical (unpaired) electrons. The number of nitrogens with one attached hydrogen (secondary N) is 1. The van der Waals surface area contributed by atoms with Crippen molar-refractivity contribution in [3.63, 3.8) is 0 Å².